The molecular formula is C14H10BrClF2O. The minimum Gasteiger partial charge on any atom is -0.495 e. The van der Waals surface area contributed by atoms with Crippen molar-refractivity contribution in [2.45, 2.75) is 4.83 Å². The fraction of sp³-hybridized carbons (Fsp3) is 0.143. The SMILES string of the molecule is COc1ccc(C(Br)c2cc(F)cc(F)c2)cc1Cl. The Labute approximate surface area is 123 Å². The highest BCUT2D eigenvalue weighted by Crippen LogP contribution is 2.35. The highest BCUT2D eigenvalue weighted by atomic mass is 79.9. The molecule has 0 aliphatic rings. The van der Waals surface area contributed by atoms with Gasteiger partial charge in [-0.2, -0.15) is 0 Å². The molecule has 0 fully saturated rings. The number of hydrogen-bond acceptors (Lipinski definition) is 1. The number of methoxy groups -OCH3 is 1. The number of hydrogen-bond donors (Lipinski definition) is 0. The third-order valence-electron chi connectivity index (χ3n) is 2.65. The molecule has 100 valence electrons. The van der Waals surface area contributed by atoms with Crippen molar-refractivity contribution < 1.29 is 13.5 Å². The van der Waals surface area contributed by atoms with E-state index in [0.717, 1.165) is 11.6 Å². The molecule has 2 aromatic carbocycles. The van der Waals surface area contributed by atoms with Gasteiger partial charge in [0.05, 0.1) is 17.0 Å². The van der Waals surface area contributed by atoms with Crippen molar-refractivity contribution in [1.82, 2.24) is 0 Å². The molecule has 2 rings (SSSR count). The van der Waals surface area contributed by atoms with Gasteiger partial charge in [-0.3, -0.25) is 0 Å². The van der Waals surface area contributed by atoms with E-state index >= 15 is 0 Å². The molecule has 0 saturated heterocycles. The van der Waals surface area contributed by atoms with Crippen molar-refractivity contribution in [3.63, 3.8) is 0 Å². The highest BCUT2D eigenvalue weighted by Gasteiger charge is 2.14. The molecule has 0 radical (unpaired) electrons. The first-order valence-electron chi connectivity index (χ1n) is 5.44. The highest BCUT2D eigenvalue weighted by molar-refractivity contribution is 9.09. The maximum Gasteiger partial charge on any atom is 0.137 e. The van der Waals surface area contributed by atoms with Crippen molar-refractivity contribution in [2.24, 2.45) is 0 Å². The first kappa shape index (κ1) is 14.3. The molecule has 0 bridgehead atoms. The van der Waals surface area contributed by atoms with E-state index in [-0.39, 0.29) is 4.83 Å². The molecule has 0 aliphatic carbocycles. The Morgan fingerprint density at radius 3 is 2.21 bits per heavy atom. The predicted octanol–water partition coefficient (Wildman–Crippen LogP) is 5.11. The Morgan fingerprint density at radius 1 is 1.05 bits per heavy atom. The zero-order chi connectivity index (χ0) is 14.0. The van der Waals surface area contributed by atoms with Crippen LogP contribution in [0.3, 0.4) is 0 Å². The largest absolute Gasteiger partial charge is 0.495 e. The molecule has 0 heterocycles. The van der Waals surface area contributed by atoms with E-state index in [1.807, 2.05) is 0 Å². The Hall–Kier alpha value is -1.13. The maximum atomic E-state index is 13.2. The van der Waals surface area contributed by atoms with Crippen molar-refractivity contribution in [2.75, 3.05) is 7.11 Å². The van der Waals surface area contributed by atoms with Crippen LogP contribution < -0.4 is 4.74 Å². The van der Waals surface area contributed by atoms with Gasteiger partial charge in [-0.05, 0) is 35.4 Å². The molecule has 1 unspecified atom stereocenters. The van der Waals surface area contributed by atoms with Gasteiger partial charge in [0.25, 0.3) is 0 Å². The summed E-state index contributed by atoms with van der Waals surface area (Å²) in [5, 5.41) is 0.446. The Kier molecular flexibility index (Phi) is 4.42. The van der Waals surface area contributed by atoms with Gasteiger partial charge in [-0.15, -0.1) is 0 Å². The van der Waals surface area contributed by atoms with E-state index in [9.17, 15) is 8.78 Å². The Bertz CT molecular complexity index is 584. The smallest absolute Gasteiger partial charge is 0.137 e. The number of rotatable bonds is 3. The Balaban J connectivity index is 2.38. The second-order valence-corrected chi connectivity index (χ2v) is 5.28. The first-order chi connectivity index (χ1) is 9.01. The lowest BCUT2D eigenvalue weighted by Crippen LogP contribution is -1.96. The van der Waals surface area contributed by atoms with E-state index in [1.165, 1.54) is 19.2 Å². The van der Waals surface area contributed by atoms with E-state index in [2.05, 4.69) is 15.9 Å². The summed E-state index contributed by atoms with van der Waals surface area (Å²) in [7, 11) is 1.52. The quantitative estimate of drug-likeness (QED) is 0.701. The van der Waals surface area contributed by atoms with Crippen LogP contribution in [0.4, 0.5) is 8.78 Å². The molecule has 2 aromatic rings. The third-order valence-corrected chi connectivity index (χ3v) is 4.00. The fourth-order valence-electron chi connectivity index (χ4n) is 1.75. The lowest BCUT2D eigenvalue weighted by atomic mass is 10.0. The molecule has 0 amide bonds. The summed E-state index contributed by atoms with van der Waals surface area (Å²) >= 11 is 9.44. The number of alkyl halides is 1. The van der Waals surface area contributed by atoms with E-state index in [1.54, 1.807) is 18.2 Å². The molecule has 0 aliphatic heterocycles. The van der Waals surface area contributed by atoms with Gasteiger partial charge in [0, 0.05) is 6.07 Å². The fourth-order valence-corrected chi connectivity index (χ4v) is 2.57. The average molecular weight is 348 g/mol. The number of benzene rings is 2. The molecule has 0 spiro atoms. The molecule has 5 heteroatoms. The minimum atomic E-state index is -0.612. The monoisotopic (exact) mass is 346 g/mol. The summed E-state index contributed by atoms with van der Waals surface area (Å²) in [5.74, 6) is -0.673. The van der Waals surface area contributed by atoms with Gasteiger partial charge in [0.15, 0.2) is 0 Å². The summed E-state index contributed by atoms with van der Waals surface area (Å²) in [6.07, 6.45) is 0. The lowest BCUT2D eigenvalue weighted by molar-refractivity contribution is 0.415. The van der Waals surface area contributed by atoms with E-state index in [4.69, 9.17) is 16.3 Å². The third kappa shape index (κ3) is 3.25. The number of halogens is 4. The first-order valence-corrected chi connectivity index (χ1v) is 6.74. The second kappa shape index (κ2) is 5.88. The maximum absolute atomic E-state index is 13.2. The molecule has 1 nitrogen and oxygen atoms in total. The molecule has 19 heavy (non-hydrogen) atoms. The van der Waals surface area contributed by atoms with Crippen LogP contribution in [0.5, 0.6) is 5.75 Å². The van der Waals surface area contributed by atoms with Gasteiger partial charge in [-0.1, -0.05) is 33.6 Å². The molecule has 0 aromatic heterocycles. The topological polar surface area (TPSA) is 9.23 Å². The zero-order valence-electron chi connectivity index (χ0n) is 9.96. The number of ether oxygens (including phenoxy) is 1. The van der Waals surface area contributed by atoms with Gasteiger partial charge in [0.1, 0.15) is 17.4 Å². The van der Waals surface area contributed by atoms with Crippen molar-refractivity contribution in [3.8, 4) is 5.75 Å². The summed E-state index contributed by atoms with van der Waals surface area (Å²) in [6.45, 7) is 0. The van der Waals surface area contributed by atoms with Gasteiger partial charge in [-0.25, -0.2) is 8.78 Å². The van der Waals surface area contributed by atoms with Crippen molar-refractivity contribution in [3.05, 3.63) is 64.2 Å². The molecule has 0 saturated carbocycles. The average Bonchev–Trinajstić information content (AvgIpc) is 2.36. The van der Waals surface area contributed by atoms with Crippen LogP contribution in [-0.2, 0) is 0 Å². The summed E-state index contributed by atoms with van der Waals surface area (Å²) in [5.41, 5.74) is 1.27. The van der Waals surface area contributed by atoms with Gasteiger partial charge < -0.3 is 4.74 Å². The van der Waals surface area contributed by atoms with Gasteiger partial charge >= 0.3 is 0 Å². The van der Waals surface area contributed by atoms with Gasteiger partial charge in [0.2, 0.25) is 0 Å². The Morgan fingerprint density at radius 2 is 1.68 bits per heavy atom. The van der Waals surface area contributed by atoms with Crippen molar-refractivity contribution >= 4 is 27.5 Å². The standard InChI is InChI=1S/C14H10BrClF2O/c1-19-13-3-2-8(6-12(13)16)14(15)9-4-10(17)7-11(18)5-9/h2-7,14H,1H3. The van der Waals surface area contributed by atoms with Crippen LogP contribution in [0.2, 0.25) is 5.02 Å². The van der Waals surface area contributed by atoms with Crippen LogP contribution in [-0.4, -0.2) is 7.11 Å². The van der Waals surface area contributed by atoms with E-state index in [0.29, 0.717) is 16.3 Å². The van der Waals surface area contributed by atoms with E-state index < -0.39 is 11.6 Å². The zero-order valence-corrected chi connectivity index (χ0v) is 12.3. The summed E-state index contributed by atoms with van der Waals surface area (Å²) in [4.78, 5) is -0.346. The molecular weight excluding hydrogens is 338 g/mol. The second-order valence-electron chi connectivity index (χ2n) is 3.96. The van der Waals surface area contributed by atoms with Crippen LogP contribution in [0.25, 0.3) is 0 Å². The van der Waals surface area contributed by atoms with Crippen LogP contribution in [0.1, 0.15) is 16.0 Å². The normalized spacial score (nSPS) is 12.3. The summed E-state index contributed by atoms with van der Waals surface area (Å²) in [6, 6.07) is 8.59. The summed E-state index contributed by atoms with van der Waals surface area (Å²) < 4.78 is 31.4. The molecule has 0 N–H and O–H groups in total. The van der Waals surface area contributed by atoms with Crippen LogP contribution in [0, 0.1) is 11.6 Å². The lowest BCUT2D eigenvalue weighted by Gasteiger charge is -2.13. The van der Waals surface area contributed by atoms with Crippen LogP contribution >= 0.6 is 27.5 Å². The minimum absolute atomic E-state index is 0.346. The van der Waals surface area contributed by atoms with Crippen molar-refractivity contribution in [1.29, 1.82) is 0 Å². The van der Waals surface area contributed by atoms with Crippen LogP contribution in [0.15, 0.2) is 36.4 Å². The predicted molar refractivity (Wildman–Crippen MR) is 75.1 cm³/mol. The molecule has 1 atom stereocenters.